The van der Waals surface area contributed by atoms with Crippen LogP contribution in [0.1, 0.15) is 28.7 Å². The molecule has 0 aliphatic heterocycles. The van der Waals surface area contributed by atoms with Gasteiger partial charge >= 0.3 is 0 Å². The molecular weight excluding hydrogens is 316 g/mol. The summed E-state index contributed by atoms with van der Waals surface area (Å²) in [5.41, 5.74) is 4.04. The lowest BCUT2D eigenvalue weighted by Gasteiger charge is -2.26. The van der Waals surface area contributed by atoms with Crippen molar-refractivity contribution in [1.29, 1.82) is 0 Å². The molecule has 25 heavy (non-hydrogen) atoms. The van der Waals surface area contributed by atoms with Gasteiger partial charge in [0, 0.05) is 24.1 Å². The molecule has 6 heteroatoms. The minimum absolute atomic E-state index is 0.0343. The van der Waals surface area contributed by atoms with Crippen LogP contribution in [0.2, 0.25) is 0 Å². The Morgan fingerprint density at radius 1 is 1.20 bits per heavy atom. The Morgan fingerprint density at radius 3 is 2.56 bits per heavy atom. The first-order valence-electron chi connectivity index (χ1n) is 8.29. The summed E-state index contributed by atoms with van der Waals surface area (Å²) in [6.45, 7) is 4.68. The number of nitrogens with zero attached hydrogens (tertiary/aromatic N) is 4. The molecule has 1 aromatic carbocycles. The summed E-state index contributed by atoms with van der Waals surface area (Å²) < 4.78 is 7.19. The summed E-state index contributed by atoms with van der Waals surface area (Å²) >= 11 is 0. The van der Waals surface area contributed by atoms with E-state index in [1.165, 1.54) is 0 Å². The molecule has 1 atom stereocenters. The van der Waals surface area contributed by atoms with Gasteiger partial charge in [-0.3, -0.25) is 9.30 Å². The van der Waals surface area contributed by atoms with Crippen LogP contribution in [-0.4, -0.2) is 45.1 Å². The van der Waals surface area contributed by atoms with Crippen molar-refractivity contribution in [2.45, 2.75) is 26.4 Å². The van der Waals surface area contributed by atoms with Gasteiger partial charge in [-0.05, 0) is 44.7 Å². The maximum Gasteiger partial charge on any atom is 0.234 e. The number of hydrogen-bond acceptors (Lipinski definition) is 5. The number of methoxy groups -OCH3 is 1. The van der Waals surface area contributed by atoms with E-state index in [-0.39, 0.29) is 12.6 Å². The molecule has 3 rings (SSSR count). The summed E-state index contributed by atoms with van der Waals surface area (Å²) in [6, 6.07) is 9.71. The Hall–Kier alpha value is -2.44. The third-order valence-electron chi connectivity index (χ3n) is 4.43. The summed E-state index contributed by atoms with van der Waals surface area (Å²) in [5, 5.41) is 9.86. The van der Waals surface area contributed by atoms with Crippen molar-refractivity contribution in [2.75, 3.05) is 20.8 Å². The Labute approximate surface area is 147 Å². The molecule has 0 aliphatic rings. The van der Waals surface area contributed by atoms with Crippen molar-refractivity contribution in [3.8, 4) is 5.75 Å². The number of aromatic nitrogens is 3. The second-order valence-corrected chi connectivity index (χ2v) is 6.33. The van der Waals surface area contributed by atoms with Crippen LogP contribution in [0.25, 0.3) is 5.78 Å². The molecular formula is C19H24N4O2. The smallest absolute Gasteiger partial charge is 0.234 e. The number of likely N-dealkylation sites (N-methyl/N-ethyl adjacent to an activating group) is 1. The number of imidazole rings is 1. The highest BCUT2D eigenvalue weighted by molar-refractivity contribution is 5.35. The first kappa shape index (κ1) is 17.4. The fourth-order valence-corrected chi connectivity index (χ4v) is 3.09. The Kier molecular flexibility index (Phi) is 5.01. The Morgan fingerprint density at radius 2 is 1.92 bits per heavy atom. The maximum atomic E-state index is 9.86. The molecule has 1 N–H and O–H groups in total. The number of hydrogen-bond donors (Lipinski definition) is 1. The zero-order valence-corrected chi connectivity index (χ0v) is 15.1. The molecule has 132 valence electrons. The lowest BCUT2D eigenvalue weighted by molar-refractivity contribution is 0.141. The van der Waals surface area contributed by atoms with E-state index in [1.807, 2.05) is 61.8 Å². The first-order chi connectivity index (χ1) is 12.0. The van der Waals surface area contributed by atoms with E-state index < -0.39 is 0 Å². The minimum Gasteiger partial charge on any atom is -0.497 e. The predicted molar refractivity (Wildman–Crippen MR) is 96.7 cm³/mol. The van der Waals surface area contributed by atoms with E-state index >= 15 is 0 Å². The average Bonchev–Trinajstić information content (AvgIpc) is 2.98. The van der Waals surface area contributed by atoms with Crippen LogP contribution >= 0.6 is 0 Å². The topological polar surface area (TPSA) is 62.9 Å². The highest BCUT2D eigenvalue weighted by Crippen LogP contribution is 2.23. The number of benzene rings is 1. The molecule has 0 bridgehead atoms. The van der Waals surface area contributed by atoms with E-state index in [1.54, 1.807) is 7.11 Å². The van der Waals surface area contributed by atoms with E-state index in [0.717, 1.165) is 28.4 Å². The molecule has 3 aromatic rings. The lowest BCUT2D eigenvalue weighted by atomic mass is 10.1. The third-order valence-corrected chi connectivity index (χ3v) is 4.43. The number of aliphatic hydroxyl groups is 1. The lowest BCUT2D eigenvalue weighted by Crippen LogP contribution is -2.27. The second kappa shape index (κ2) is 7.21. The third kappa shape index (κ3) is 3.65. The number of aliphatic hydroxyl groups excluding tert-OH is 1. The molecule has 0 amide bonds. The minimum atomic E-state index is -0.105. The largest absolute Gasteiger partial charge is 0.497 e. The molecule has 1 unspecified atom stereocenters. The Bertz CT molecular complexity index is 858. The number of ether oxygens (including phenoxy) is 1. The summed E-state index contributed by atoms with van der Waals surface area (Å²) in [7, 11) is 3.63. The fourth-order valence-electron chi connectivity index (χ4n) is 3.09. The molecule has 0 aliphatic carbocycles. The van der Waals surface area contributed by atoms with Crippen LogP contribution in [0.3, 0.4) is 0 Å². The van der Waals surface area contributed by atoms with Crippen LogP contribution in [0.4, 0.5) is 0 Å². The molecule has 6 nitrogen and oxygen atoms in total. The van der Waals surface area contributed by atoms with Gasteiger partial charge in [0.15, 0.2) is 0 Å². The van der Waals surface area contributed by atoms with E-state index in [4.69, 9.17) is 4.74 Å². The van der Waals surface area contributed by atoms with Crippen molar-refractivity contribution in [3.05, 3.63) is 59.2 Å². The van der Waals surface area contributed by atoms with Gasteiger partial charge < -0.3 is 9.84 Å². The van der Waals surface area contributed by atoms with Crippen molar-refractivity contribution in [1.82, 2.24) is 19.3 Å². The van der Waals surface area contributed by atoms with E-state index in [2.05, 4.69) is 14.9 Å². The Balaban J connectivity index is 1.81. The fraction of sp³-hybridized carbons (Fsp3) is 0.368. The van der Waals surface area contributed by atoms with Crippen LogP contribution < -0.4 is 4.74 Å². The molecule has 0 saturated carbocycles. The number of rotatable bonds is 6. The standard InChI is InChI=1S/C19H24N4O2/c1-13-9-14(2)23-11-16(21-19(23)20-13)10-22(3)18(12-24)15-5-7-17(25-4)8-6-15/h5-9,11,18,24H,10,12H2,1-4H3. The quantitative estimate of drug-likeness (QED) is 0.747. The van der Waals surface area contributed by atoms with Gasteiger partial charge in [0.2, 0.25) is 5.78 Å². The van der Waals surface area contributed by atoms with Gasteiger partial charge in [-0.1, -0.05) is 12.1 Å². The molecule has 2 aromatic heterocycles. The number of aryl methyl sites for hydroxylation is 2. The molecule has 0 saturated heterocycles. The van der Waals surface area contributed by atoms with Crippen molar-refractivity contribution < 1.29 is 9.84 Å². The SMILES string of the molecule is COc1ccc(C(CO)N(C)Cc2cn3c(C)cc(C)nc3n2)cc1. The van der Waals surface area contributed by atoms with E-state index in [9.17, 15) is 5.11 Å². The second-order valence-electron chi connectivity index (χ2n) is 6.33. The van der Waals surface area contributed by atoms with Gasteiger partial charge in [0.05, 0.1) is 25.5 Å². The van der Waals surface area contributed by atoms with Crippen LogP contribution in [0, 0.1) is 13.8 Å². The maximum absolute atomic E-state index is 9.86. The van der Waals surface area contributed by atoms with Gasteiger partial charge in [0.1, 0.15) is 5.75 Å². The van der Waals surface area contributed by atoms with Crippen molar-refractivity contribution in [2.24, 2.45) is 0 Å². The predicted octanol–water partition coefficient (Wildman–Crippen LogP) is 2.52. The summed E-state index contributed by atoms with van der Waals surface area (Å²) in [5.74, 6) is 1.52. The van der Waals surface area contributed by atoms with Crippen LogP contribution in [0.15, 0.2) is 36.5 Å². The van der Waals surface area contributed by atoms with Crippen LogP contribution in [-0.2, 0) is 6.54 Å². The molecule has 0 spiro atoms. The molecule has 0 fully saturated rings. The van der Waals surface area contributed by atoms with Crippen LogP contribution in [0.5, 0.6) is 5.75 Å². The van der Waals surface area contributed by atoms with Gasteiger partial charge in [-0.2, -0.15) is 0 Å². The number of fused-ring (bicyclic) bond motifs is 1. The average molecular weight is 340 g/mol. The summed E-state index contributed by atoms with van der Waals surface area (Å²) in [6.07, 6.45) is 2.01. The monoisotopic (exact) mass is 340 g/mol. The molecule has 0 radical (unpaired) electrons. The first-order valence-corrected chi connectivity index (χ1v) is 8.29. The van der Waals surface area contributed by atoms with Crippen molar-refractivity contribution in [3.63, 3.8) is 0 Å². The zero-order chi connectivity index (χ0) is 18.0. The highest BCUT2D eigenvalue weighted by Gasteiger charge is 2.18. The zero-order valence-electron chi connectivity index (χ0n) is 15.1. The highest BCUT2D eigenvalue weighted by atomic mass is 16.5. The van der Waals surface area contributed by atoms with Gasteiger partial charge in [0.25, 0.3) is 0 Å². The summed E-state index contributed by atoms with van der Waals surface area (Å²) in [4.78, 5) is 11.2. The molecule has 2 heterocycles. The normalized spacial score (nSPS) is 12.7. The van der Waals surface area contributed by atoms with Gasteiger partial charge in [-0.25, -0.2) is 9.97 Å². The van der Waals surface area contributed by atoms with Crippen molar-refractivity contribution >= 4 is 5.78 Å². The van der Waals surface area contributed by atoms with Gasteiger partial charge in [-0.15, -0.1) is 0 Å². The van der Waals surface area contributed by atoms with E-state index in [0.29, 0.717) is 12.3 Å².